The van der Waals surface area contributed by atoms with Crippen LogP contribution in [-0.4, -0.2) is 42.9 Å². The topological polar surface area (TPSA) is 92.5 Å². The molecule has 1 heterocycles. The number of nitrogens with one attached hydrogen (secondary N) is 1. The number of carbonyl (C=O) groups excluding carboxylic acids is 1. The smallest absolute Gasteiger partial charge is 0.248 e. The van der Waals surface area contributed by atoms with Gasteiger partial charge >= 0.3 is 0 Å². The van der Waals surface area contributed by atoms with Crippen molar-refractivity contribution in [3.63, 3.8) is 0 Å². The number of nitrogens with zero attached hydrogens (tertiary/aromatic N) is 2. The molecule has 0 aliphatic carbocycles. The maximum absolute atomic E-state index is 12.4. The van der Waals surface area contributed by atoms with Gasteiger partial charge in [0, 0.05) is 12.6 Å². The number of hydrogen-bond acceptors (Lipinski definition) is 5. The van der Waals surface area contributed by atoms with Crippen LogP contribution in [0.2, 0.25) is 0 Å². The van der Waals surface area contributed by atoms with E-state index in [1.807, 2.05) is 20.8 Å². The lowest BCUT2D eigenvalue weighted by atomic mass is 10.1. The van der Waals surface area contributed by atoms with Gasteiger partial charge in [-0.25, -0.2) is 8.42 Å². The van der Waals surface area contributed by atoms with E-state index < -0.39 is 15.6 Å². The van der Waals surface area contributed by atoms with Crippen LogP contribution in [0.15, 0.2) is 9.42 Å². The quantitative estimate of drug-likeness (QED) is 0.889. The third-order valence-electron chi connectivity index (χ3n) is 2.52. The molecule has 8 heteroatoms. The van der Waals surface area contributed by atoms with E-state index in [0.717, 1.165) is 4.31 Å². The van der Waals surface area contributed by atoms with Crippen LogP contribution in [-0.2, 0) is 14.8 Å². The summed E-state index contributed by atoms with van der Waals surface area (Å²) in [5.74, 6) is -0.152. The first kappa shape index (κ1) is 16.6. The molecular formula is C12H21N3O4S. The van der Waals surface area contributed by atoms with Crippen molar-refractivity contribution in [3.05, 3.63) is 11.5 Å². The van der Waals surface area contributed by atoms with E-state index in [1.165, 1.54) is 14.0 Å². The zero-order chi connectivity index (χ0) is 15.7. The Balaban J connectivity index is 2.92. The van der Waals surface area contributed by atoms with Gasteiger partial charge in [0.25, 0.3) is 0 Å². The van der Waals surface area contributed by atoms with Crippen molar-refractivity contribution >= 4 is 15.9 Å². The minimum absolute atomic E-state index is 0.0172. The van der Waals surface area contributed by atoms with Gasteiger partial charge in [0.2, 0.25) is 15.9 Å². The van der Waals surface area contributed by atoms with Crippen LogP contribution in [0.4, 0.5) is 0 Å². The molecule has 1 N–H and O–H groups in total. The molecule has 1 aromatic heterocycles. The van der Waals surface area contributed by atoms with Crippen molar-refractivity contribution in [3.8, 4) is 0 Å². The lowest BCUT2D eigenvalue weighted by molar-refractivity contribution is -0.122. The highest BCUT2D eigenvalue weighted by molar-refractivity contribution is 7.89. The molecule has 1 amide bonds. The fraction of sp³-hybridized carbons (Fsp3) is 0.667. The molecule has 0 aliphatic rings. The lowest BCUT2D eigenvalue weighted by Gasteiger charge is -2.23. The van der Waals surface area contributed by atoms with Crippen LogP contribution < -0.4 is 5.32 Å². The molecule has 0 unspecified atom stereocenters. The molecule has 0 atom stereocenters. The average molecular weight is 303 g/mol. The first-order valence-electron chi connectivity index (χ1n) is 6.15. The Labute approximate surface area is 119 Å². The summed E-state index contributed by atoms with van der Waals surface area (Å²) < 4.78 is 30.6. The Bertz CT molecular complexity index is 579. The van der Waals surface area contributed by atoms with Crippen molar-refractivity contribution in [2.24, 2.45) is 0 Å². The Kier molecular flexibility index (Phi) is 4.60. The summed E-state index contributed by atoms with van der Waals surface area (Å²) in [6.07, 6.45) is 0. The van der Waals surface area contributed by atoms with Crippen molar-refractivity contribution < 1.29 is 17.7 Å². The predicted octanol–water partition coefficient (Wildman–Crippen LogP) is 0.827. The van der Waals surface area contributed by atoms with Crippen LogP contribution in [0.5, 0.6) is 0 Å². The molecule has 0 bridgehead atoms. The van der Waals surface area contributed by atoms with E-state index >= 15 is 0 Å². The first-order valence-corrected chi connectivity index (χ1v) is 7.59. The highest BCUT2D eigenvalue weighted by Crippen LogP contribution is 2.22. The van der Waals surface area contributed by atoms with Gasteiger partial charge in [-0.15, -0.1) is 0 Å². The SMILES string of the molecule is Cc1noc(C)c1S(=O)(=O)N(C)CC(=O)NC(C)(C)C. The van der Waals surface area contributed by atoms with Gasteiger partial charge < -0.3 is 9.84 Å². The summed E-state index contributed by atoms with van der Waals surface area (Å²) in [5.41, 5.74) is -0.129. The summed E-state index contributed by atoms with van der Waals surface area (Å²) in [5, 5.41) is 6.33. The van der Waals surface area contributed by atoms with Gasteiger partial charge in [-0.1, -0.05) is 5.16 Å². The molecule has 0 aromatic carbocycles. The van der Waals surface area contributed by atoms with Crippen molar-refractivity contribution in [1.82, 2.24) is 14.8 Å². The second-order valence-corrected chi connectivity index (χ2v) is 7.69. The standard InChI is InChI=1S/C12H21N3O4S/c1-8-11(9(2)19-14-8)20(17,18)15(6)7-10(16)13-12(3,4)5/h7H2,1-6H3,(H,13,16). The van der Waals surface area contributed by atoms with Gasteiger partial charge in [0.15, 0.2) is 5.76 Å². The Morgan fingerprint density at radius 1 is 1.35 bits per heavy atom. The van der Waals surface area contributed by atoms with Crippen LogP contribution in [0, 0.1) is 13.8 Å². The number of carbonyl (C=O) groups is 1. The van der Waals surface area contributed by atoms with Gasteiger partial charge in [0.05, 0.1) is 6.54 Å². The lowest BCUT2D eigenvalue weighted by Crippen LogP contribution is -2.46. The Morgan fingerprint density at radius 2 is 1.90 bits per heavy atom. The average Bonchev–Trinajstić information content (AvgIpc) is 2.55. The van der Waals surface area contributed by atoms with E-state index in [4.69, 9.17) is 4.52 Å². The van der Waals surface area contributed by atoms with Crippen LogP contribution >= 0.6 is 0 Å². The van der Waals surface area contributed by atoms with Gasteiger partial charge in [-0.2, -0.15) is 4.31 Å². The largest absolute Gasteiger partial charge is 0.360 e. The molecule has 0 saturated carbocycles. The predicted molar refractivity (Wildman–Crippen MR) is 73.7 cm³/mol. The summed E-state index contributed by atoms with van der Waals surface area (Å²) in [6.45, 7) is 8.29. The van der Waals surface area contributed by atoms with E-state index in [1.54, 1.807) is 6.92 Å². The van der Waals surface area contributed by atoms with Crippen molar-refractivity contribution in [2.75, 3.05) is 13.6 Å². The monoisotopic (exact) mass is 303 g/mol. The first-order chi connectivity index (χ1) is 8.95. The Morgan fingerprint density at radius 3 is 2.30 bits per heavy atom. The number of amides is 1. The molecule has 7 nitrogen and oxygen atoms in total. The van der Waals surface area contributed by atoms with E-state index in [9.17, 15) is 13.2 Å². The highest BCUT2D eigenvalue weighted by atomic mass is 32.2. The number of aryl methyl sites for hydroxylation is 2. The van der Waals surface area contributed by atoms with Crippen LogP contribution in [0.25, 0.3) is 0 Å². The van der Waals surface area contributed by atoms with Gasteiger partial charge in [-0.3, -0.25) is 4.79 Å². The van der Waals surface area contributed by atoms with E-state index in [-0.39, 0.29) is 28.8 Å². The number of rotatable bonds is 4. The fourth-order valence-corrected chi connectivity index (χ4v) is 3.15. The molecule has 0 saturated heterocycles. The van der Waals surface area contributed by atoms with Crippen LogP contribution in [0.1, 0.15) is 32.2 Å². The molecule has 0 radical (unpaired) electrons. The van der Waals surface area contributed by atoms with E-state index in [0.29, 0.717) is 0 Å². The maximum Gasteiger partial charge on any atom is 0.248 e. The summed E-state index contributed by atoms with van der Waals surface area (Å²) in [7, 11) is -2.44. The summed E-state index contributed by atoms with van der Waals surface area (Å²) >= 11 is 0. The highest BCUT2D eigenvalue weighted by Gasteiger charge is 2.30. The molecule has 0 fully saturated rings. The number of likely N-dealkylation sites (N-methyl/N-ethyl adjacent to an activating group) is 1. The third kappa shape index (κ3) is 3.80. The van der Waals surface area contributed by atoms with Crippen LogP contribution in [0.3, 0.4) is 0 Å². The molecule has 1 rings (SSSR count). The normalized spacial score (nSPS) is 12.8. The third-order valence-corrected chi connectivity index (χ3v) is 4.57. The number of sulfonamides is 1. The molecular weight excluding hydrogens is 282 g/mol. The molecule has 0 aliphatic heterocycles. The van der Waals surface area contributed by atoms with E-state index in [2.05, 4.69) is 10.5 Å². The van der Waals surface area contributed by atoms with Crippen molar-refractivity contribution in [1.29, 1.82) is 0 Å². The zero-order valence-electron chi connectivity index (χ0n) is 12.6. The van der Waals surface area contributed by atoms with Gasteiger partial charge in [0.1, 0.15) is 10.6 Å². The second-order valence-electron chi connectivity index (χ2n) is 5.71. The maximum atomic E-state index is 12.4. The molecule has 1 aromatic rings. The molecule has 0 spiro atoms. The fourth-order valence-electron chi connectivity index (χ4n) is 1.74. The number of aromatic nitrogens is 1. The summed E-state index contributed by atoms with van der Waals surface area (Å²) in [4.78, 5) is 11.8. The minimum Gasteiger partial charge on any atom is -0.360 e. The minimum atomic E-state index is -3.79. The zero-order valence-corrected chi connectivity index (χ0v) is 13.5. The van der Waals surface area contributed by atoms with Gasteiger partial charge in [-0.05, 0) is 34.6 Å². The molecule has 114 valence electrons. The Hall–Kier alpha value is -1.41. The van der Waals surface area contributed by atoms with Crippen molar-refractivity contribution in [2.45, 2.75) is 45.1 Å². The number of hydrogen-bond donors (Lipinski definition) is 1. The second kappa shape index (κ2) is 5.53. The summed E-state index contributed by atoms with van der Waals surface area (Å²) in [6, 6.07) is 0. The molecule has 20 heavy (non-hydrogen) atoms.